The number of carbonyl (C=O) groups excluding carboxylic acids is 1. The molecule has 108 valence electrons. The Morgan fingerprint density at radius 1 is 1.35 bits per heavy atom. The lowest BCUT2D eigenvalue weighted by Crippen LogP contribution is -2.47. The molecule has 1 heterocycles. The fourth-order valence-electron chi connectivity index (χ4n) is 3.71. The average molecular weight is 271 g/mol. The van der Waals surface area contributed by atoms with Gasteiger partial charge < -0.3 is 5.32 Å². The van der Waals surface area contributed by atoms with Gasteiger partial charge in [-0.3, -0.25) is 4.79 Å². The zero-order valence-corrected chi connectivity index (χ0v) is 12.5. The molecule has 1 aromatic rings. The second kappa shape index (κ2) is 5.69. The maximum atomic E-state index is 13.0. The maximum absolute atomic E-state index is 13.0. The molecular weight excluding hydrogens is 246 g/mol. The van der Waals surface area contributed by atoms with Gasteiger partial charge in [0.2, 0.25) is 0 Å². The van der Waals surface area contributed by atoms with Gasteiger partial charge in [0.15, 0.2) is 5.78 Å². The van der Waals surface area contributed by atoms with E-state index in [-0.39, 0.29) is 5.54 Å². The van der Waals surface area contributed by atoms with Crippen molar-refractivity contribution in [2.75, 3.05) is 6.54 Å². The standard InChI is InChI=1S/C18H25NO/c1-2-10-18(11-5-12-19-18)17(20)16-9-4-8-15(13-16)14-6-3-7-14/h4,8-9,13-14,19H,2-3,5-7,10-12H2,1H3. The summed E-state index contributed by atoms with van der Waals surface area (Å²) >= 11 is 0. The Balaban J connectivity index is 1.85. The number of ketones is 1. The van der Waals surface area contributed by atoms with Gasteiger partial charge in [-0.15, -0.1) is 0 Å². The van der Waals surface area contributed by atoms with Crippen molar-refractivity contribution in [1.29, 1.82) is 0 Å². The molecule has 1 unspecified atom stereocenters. The van der Waals surface area contributed by atoms with E-state index in [1.807, 2.05) is 6.07 Å². The molecule has 1 aromatic carbocycles. The van der Waals surface area contributed by atoms with Gasteiger partial charge in [-0.1, -0.05) is 38.0 Å². The van der Waals surface area contributed by atoms with Crippen LogP contribution in [0.15, 0.2) is 24.3 Å². The van der Waals surface area contributed by atoms with Gasteiger partial charge in [-0.25, -0.2) is 0 Å². The average Bonchev–Trinajstić information content (AvgIpc) is 2.86. The summed E-state index contributed by atoms with van der Waals surface area (Å²) in [5, 5.41) is 3.50. The van der Waals surface area contributed by atoms with Gasteiger partial charge in [0.1, 0.15) is 0 Å². The highest BCUT2D eigenvalue weighted by molar-refractivity contribution is 6.03. The fraction of sp³-hybridized carbons (Fsp3) is 0.611. The molecule has 2 heteroatoms. The molecule has 1 saturated carbocycles. The van der Waals surface area contributed by atoms with Crippen LogP contribution in [0.25, 0.3) is 0 Å². The Labute approximate surface area is 122 Å². The highest BCUT2D eigenvalue weighted by atomic mass is 16.1. The number of carbonyl (C=O) groups is 1. The van der Waals surface area contributed by atoms with Crippen LogP contribution >= 0.6 is 0 Å². The van der Waals surface area contributed by atoms with Gasteiger partial charge in [-0.05, 0) is 56.2 Å². The van der Waals surface area contributed by atoms with E-state index in [0.29, 0.717) is 11.7 Å². The van der Waals surface area contributed by atoms with Crippen LogP contribution in [0.4, 0.5) is 0 Å². The zero-order valence-electron chi connectivity index (χ0n) is 12.5. The molecule has 0 amide bonds. The minimum atomic E-state index is -0.285. The van der Waals surface area contributed by atoms with Crippen molar-refractivity contribution < 1.29 is 4.79 Å². The monoisotopic (exact) mass is 271 g/mol. The van der Waals surface area contributed by atoms with E-state index in [1.54, 1.807) is 0 Å². The normalized spacial score (nSPS) is 26.4. The molecule has 0 aromatic heterocycles. The summed E-state index contributed by atoms with van der Waals surface area (Å²) in [6.07, 6.45) is 8.04. The number of hydrogen-bond donors (Lipinski definition) is 1. The van der Waals surface area contributed by atoms with Crippen LogP contribution in [0.5, 0.6) is 0 Å². The molecular formula is C18H25NO. The van der Waals surface area contributed by atoms with Crippen molar-refractivity contribution in [1.82, 2.24) is 5.32 Å². The second-order valence-corrected chi connectivity index (χ2v) is 6.44. The second-order valence-electron chi connectivity index (χ2n) is 6.44. The Kier molecular flexibility index (Phi) is 3.93. The molecule has 20 heavy (non-hydrogen) atoms. The minimum absolute atomic E-state index is 0.285. The van der Waals surface area contributed by atoms with E-state index in [2.05, 4.69) is 30.4 Å². The van der Waals surface area contributed by atoms with Crippen LogP contribution < -0.4 is 5.32 Å². The number of rotatable bonds is 5. The van der Waals surface area contributed by atoms with Crippen LogP contribution in [0.1, 0.15) is 73.7 Å². The SMILES string of the molecule is CCCC1(C(=O)c2cccc(C3CCC3)c2)CCCN1. The minimum Gasteiger partial charge on any atom is -0.305 e. The Morgan fingerprint density at radius 2 is 2.20 bits per heavy atom. The topological polar surface area (TPSA) is 29.1 Å². The largest absolute Gasteiger partial charge is 0.305 e. The maximum Gasteiger partial charge on any atom is 0.182 e. The van der Waals surface area contributed by atoms with E-state index in [1.165, 1.54) is 24.8 Å². The quantitative estimate of drug-likeness (QED) is 0.818. The van der Waals surface area contributed by atoms with E-state index in [9.17, 15) is 4.79 Å². The lowest BCUT2D eigenvalue weighted by molar-refractivity contribution is 0.0857. The lowest BCUT2D eigenvalue weighted by Gasteiger charge is -2.29. The smallest absolute Gasteiger partial charge is 0.182 e. The summed E-state index contributed by atoms with van der Waals surface area (Å²) in [7, 11) is 0. The third-order valence-electron chi connectivity index (χ3n) is 5.08. The van der Waals surface area contributed by atoms with Crippen molar-refractivity contribution in [3.63, 3.8) is 0 Å². The predicted molar refractivity (Wildman–Crippen MR) is 82.2 cm³/mol. The molecule has 1 aliphatic heterocycles. The molecule has 1 N–H and O–H groups in total. The van der Waals surface area contributed by atoms with Crippen LogP contribution in [0.2, 0.25) is 0 Å². The fourth-order valence-corrected chi connectivity index (χ4v) is 3.71. The lowest BCUT2D eigenvalue weighted by atomic mass is 9.78. The van der Waals surface area contributed by atoms with Crippen LogP contribution in [-0.4, -0.2) is 17.9 Å². The molecule has 1 atom stereocenters. The van der Waals surface area contributed by atoms with Crippen molar-refractivity contribution in [3.05, 3.63) is 35.4 Å². The van der Waals surface area contributed by atoms with Crippen LogP contribution in [0, 0.1) is 0 Å². The third-order valence-corrected chi connectivity index (χ3v) is 5.08. The Hall–Kier alpha value is -1.15. The highest BCUT2D eigenvalue weighted by Crippen LogP contribution is 2.37. The first-order valence-electron chi connectivity index (χ1n) is 8.15. The van der Waals surface area contributed by atoms with Crippen molar-refractivity contribution >= 4 is 5.78 Å². The van der Waals surface area contributed by atoms with E-state index >= 15 is 0 Å². The summed E-state index contributed by atoms with van der Waals surface area (Å²) in [5.74, 6) is 1.01. The first-order valence-corrected chi connectivity index (χ1v) is 8.15. The Bertz CT molecular complexity index is 484. The summed E-state index contributed by atoms with van der Waals surface area (Å²) in [6.45, 7) is 3.15. The molecule has 2 nitrogen and oxygen atoms in total. The number of Topliss-reactive ketones (excluding diaryl/α,β-unsaturated/α-hetero) is 1. The predicted octanol–water partition coefficient (Wildman–Crippen LogP) is 4.06. The van der Waals surface area contributed by atoms with Crippen LogP contribution in [0.3, 0.4) is 0 Å². The zero-order chi connectivity index (χ0) is 14.0. The molecule has 1 aliphatic carbocycles. The van der Waals surface area contributed by atoms with Gasteiger partial charge in [0, 0.05) is 5.56 Å². The van der Waals surface area contributed by atoms with E-state index < -0.39 is 0 Å². The number of hydrogen-bond acceptors (Lipinski definition) is 2. The Morgan fingerprint density at radius 3 is 2.80 bits per heavy atom. The van der Waals surface area contributed by atoms with Crippen molar-refractivity contribution in [3.8, 4) is 0 Å². The molecule has 0 bridgehead atoms. The molecule has 2 fully saturated rings. The summed E-state index contributed by atoms with van der Waals surface area (Å²) in [5.41, 5.74) is 2.00. The summed E-state index contributed by atoms with van der Waals surface area (Å²) in [4.78, 5) is 13.0. The molecule has 0 spiro atoms. The first kappa shape index (κ1) is 13.8. The summed E-state index contributed by atoms with van der Waals surface area (Å²) in [6, 6.07) is 8.41. The van der Waals surface area contributed by atoms with Crippen molar-refractivity contribution in [2.45, 2.75) is 63.3 Å². The molecule has 1 saturated heterocycles. The van der Waals surface area contributed by atoms with Crippen LogP contribution in [-0.2, 0) is 0 Å². The molecule has 3 rings (SSSR count). The number of nitrogens with one attached hydrogen (secondary N) is 1. The van der Waals surface area contributed by atoms with Gasteiger partial charge >= 0.3 is 0 Å². The first-order chi connectivity index (χ1) is 9.75. The number of benzene rings is 1. The van der Waals surface area contributed by atoms with Crippen molar-refractivity contribution in [2.24, 2.45) is 0 Å². The van der Waals surface area contributed by atoms with Gasteiger partial charge in [0.25, 0.3) is 0 Å². The highest BCUT2D eigenvalue weighted by Gasteiger charge is 2.40. The van der Waals surface area contributed by atoms with Gasteiger partial charge in [-0.2, -0.15) is 0 Å². The molecule has 0 radical (unpaired) electrons. The van der Waals surface area contributed by atoms with Gasteiger partial charge in [0.05, 0.1) is 5.54 Å². The summed E-state index contributed by atoms with van der Waals surface area (Å²) < 4.78 is 0. The molecule has 2 aliphatic rings. The third kappa shape index (κ3) is 2.42. The van der Waals surface area contributed by atoms with E-state index in [0.717, 1.165) is 37.8 Å². The van der Waals surface area contributed by atoms with E-state index in [4.69, 9.17) is 0 Å².